The molecule has 1 heterocycles. The minimum atomic E-state index is -0.00197. The second-order valence-corrected chi connectivity index (χ2v) is 5.55. The van der Waals surface area contributed by atoms with E-state index in [-0.39, 0.29) is 5.54 Å². The number of piperazine rings is 1. The first kappa shape index (κ1) is 13.7. The Morgan fingerprint density at radius 1 is 1.28 bits per heavy atom. The monoisotopic (exact) mass is 268 g/mol. The minimum Gasteiger partial charge on any atom is -0.495 e. The van der Waals surface area contributed by atoms with Crippen LogP contribution in [0.15, 0.2) is 18.2 Å². The van der Waals surface area contributed by atoms with Crippen molar-refractivity contribution in [3.63, 3.8) is 0 Å². The number of nitrogens with one attached hydrogen (secondary N) is 1. The van der Waals surface area contributed by atoms with E-state index >= 15 is 0 Å². The van der Waals surface area contributed by atoms with Crippen molar-refractivity contribution in [2.75, 3.05) is 33.3 Å². The summed E-state index contributed by atoms with van der Waals surface area (Å²) in [7, 11) is 1.64. The van der Waals surface area contributed by atoms with Crippen molar-refractivity contribution in [2.45, 2.75) is 19.4 Å². The summed E-state index contributed by atoms with van der Waals surface area (Å²) in [5.74, 6) is 0.733. The third-order valence-electron chi connectivity index (χ3n) is 3.77. The molecular formula is C14H21ClN2O. The lowest BCUT2D eigenvalue weighted by Crippen LogP contribution is -2.51. The molecule has 0 radical (unpaired) electrons. The summed E-state index contributed by atoms with van der Waals surface area (Å²) in [6.45, 7) is 8.72. The highest BCUT2D eigenvalue weighted by Crippen LogP contribution is 2.33. The third-order valence-corrected chi connectivity index (χ3v) is 4.06. The number of ether oxygens (including phenoxy) is 1. The van der Waals surface area contributed by atoms with E-state index in [1.165, 1.54) is 5.56 Å². The predicted octanol–water partition coefficient (Wildman–Crippen LogP) is 2.49. The summed E-state index contributed by atoms with van der Waals surface area (Å²) in [5.41, 5.74) is 1.23. The molecule has 1 N–H and O–H groups in total. The second-order valence-electron chi connectivity index (χ2n) is 5.15. The summed E-state index contributed by atoms with van der Waals surface area (Å²) < 4.78 is 5.20. The van der Waals surface area contributed by atoms with E-state index in [9.17, 15) is 0 Å². The fourth-order valence-corrected chi connectivity index (χ4v) is 2.71. The van der Waals surface area contributed by atoms with Crippen LogP contribution in [0.5, 0.6) is 5.75 Å². The Labute approximate surface area is 114 Å². The van der Waals surface area contributed by atoms with E-state index in [4.69, 9.17) is 16.3 Å². The van der Waals surface area contributed by atoms with Gasteiger partial charge in [-0.15, -0.1) is 0 Å². The molecule has 1 saturated heterocycles. The van der Waals surface area contributed by atoms with Crippen LogP contribution >= 0.6 is 11.6 Å². The number of benzene rings is 1. The van der Waals surface area contributed by atoms with Gasteiger partial charge in [-0.3, -0.25) is 4.90 Å². The van der Waals surface area contributed by atoms with Crippen molar-refractivity contribution >= 4 is 11.6 Å². The van der Waals surface area contributed by atoms with Gasteiger partial charge >= 0.3 is 0 Å². The molecule has 0 atom stereocenters. The Kier molecular flexibility index (Phi) is 4.15. The number of hydrogen-bond donors (Lipinski definition) is 1. The lowest BCUT2D eigenvalue weighted by atomic mass is 9.91. The van der Waals surface area contributed by atoms with Crippen LogP contribution in [0.2, 0.25) is 5.02 Å². The van der Waals surface area contributed by atoms with Gasteiger partial charge in [-0.1, -0.05) is 17.7 Å². The van der Waals surface area contributed by atoms with Crippen molar-refractivity contribution in [3.05, 3.63) is 28.8 Å². The molecule has 0 saturated carbocycles. The number of nitrogens with zero attached hydrogens (tertiary/aromatic N) is 1. The van der Waals surface area contributed by atoms with Crippen LogP contribution in [0.3, 0.4) is 0 Å². The zero-order valence-electron chi connectivity index (χ0n) is 11.3. The molecule has 0 amide bonds. The predicted molar refractivity (Wildman–Crippen MR) is 75.5 cm³/mol. The molecule has 2 rings (SSSR count). The molecular weight excluding hydrogens is 248 g/mol. The molecule has 1 aliphatic rings. The van der Waals surface area contributed by atoms with Crippen LogP contribution in [0.25, 0.3) is 0 Å². The van der Waals surface area contributed by atoms with E-state index in [1.807, 2.05) is 12.1 Å². The maximum Gasteiger partial charge on any atom is 0.137 e. The summed E-state index contributed by atoms with van der Waals surface area (Å²) >= 11 is 6.22. The molecule has 1 aliphatic heterocycles. The van der Waals surface area contributed by atoms with Gasteiger partial charge in [0.05, 0.1) is 12.1 Å². The lowest BCUT2D eigenvalue weighted by molar-refractivity contribution is 0.102. The van der Waals surface area contributed by atoms with Gasteiger partial charge in [-0.25, -0.2) is 0 Å². The average Bonchev–Trinajstić information content (AvgIpc) is 2.39. The van der Waals surface area contributed by atoms with Crippen molar-refractivity contribution in [1.29, 1.82) is 0 Å². The van der Waals surface area contributed by atoms with Gasteiger partial charge in [0.15, 0.2) is 0 Å². The largest absolute Gasteiger partial charge is 0.495 e. The molecule has 4 heteroatoms. The first-order chi connectivity index (χ1) is 8.55. The quantitative estimate of drug-likeness (QED) is 0.912. The minimum absolute atomic E-state index is 0.00197. The zero-order valence-corrected chi connectivity index (χ0v) is 12.0. The first-order valence-corrected chi connectivity index (χ1v) is 6.73. The average molecular weight is 269 g/mol. The molecule has 1 fully saturated rings. The Bertz CT molecular complexity index is 414. The molecule has 0 bridgehead atoms. The van der Waals surface area contributed by atoms with E-state index < -0.39 is 0 Å². The fraction of sp³-hybridized carbons (Fsp3) is 0.571. The third kappa shape index (κ3) is 2.63. The molecule has 0 aliphatic carbocycles. The Balaban J connectivity index is 2.25. The smallest absolute Gasteiger partial charge is 0.137 e. The maximum atomic E-state index is 6.22. The standard InChI is InChI=1S/C14H21ClN2O/c1-14(2,17-8-6-16-7-9-17)11-4-5-13(18-3)12(15)10-11/h4-5,10,16H,6-9H2,1-3H3. The van der Waals surface area contributed by atoms with Crippen LogP contribution < -0.4 is 10.1 Å². The summed E-state index contributed by atoms with van der Waals surface area (Å²) in [6.07, 6.45) is 0. The molecule has 1 aromatic rings. The number of rotatable bonds is 3. The number of methoxy groups -OCH3 is 1. The van der Waals surface area contributed by atoms with Gasteiger partial charge < -0.3 is 10.1 Å². The van der Waals surface area contributed by atoms with E-state index in [2.05, 4.69) is 30.1 Å². The SMILES string of the molecule is COc1ccc(C(C)(C)N2CCNCC2)cc1Cl. The molecule has 1 aromatic carbocycles. The molecule has 100 valence electrons. The van der Waals surface area contributed by atoms with Crippen molar-refractivity contribution in [1.82, 2.24) is 10.2 Å². The molecule has 0 unspecified atom stereocenters. The van der Waals surface area contributed by atoms with Crippen LogP contribution in [0, 0.1) is 0 Å². The molecule has 3 nitrogen and oxygen atoms in total. The Morgan fingerprint density at radius 3 is 2.50 bits per heavy atom. The highest BCUT2D eigenvalue weighted by atomic mass is 35.5. The summed E-state index contributed by atoms with van der Waals surface area (Å²) in [5, 5.41) is 4.06. The van der Waals surface area contributed by atoms with Crippen molar-refractivity contribution in [3.8, 4) is 5.75 Å². The van der Waals surface area contributed by atoms with Gasteiger partial charge in [0.25, 0.3) is 0 Å². The molecule has 18 heavy (non-hydrogen) atoms. The topological polar surface area (TPSA) is 24.5 Å². The van der Waals surface area contributed by atoms with Gasteiger partial charge in [0, 0.05) is 31.7 Å². The second kappa shape index (κ2) is 5.47. The highest BCUT2D eigenvalue weighted by Gasteiger charge is 2.30. The van der Waals surface area contributed by atoms with Crippen molar-refractivity contribution < 1.29 is 4.74 Å². The highest BCUT2D eigenvalue weighted by molar-refractivity contribution is 6.32. The zero-order chi connectivity index (χ0) is 13.2. The van der Waals surface area contributed by atoms with E-state index in [0.717, 1.165) is 31.9 Å². The van der Waals surface area contributed by atoms with Gasteiger partial charge in [-0.2, -0.15) is 0 Å². The van der Waals surface area contributed by atoms with E-state index in [1.54, 1.807) is 7.11 Å². The first-order valence-electron chi connectivity index (χ1n) is 6.35. The van der Waals surface area contributed by atoms with E-state index in [0.29, 0.717) is 5.02 Å². The summed E-state index contributed by atoms with van der Waals surface area (Å²) in [4.78, 5) is 2.49. The maximum absolute atomic E-state index is 6.22. The van der Waals surface area contributed by atoms with Crippen LogP contribution in [0.1, 0.15) is 19.4 Å². The lowest BCUT2D eigenvalue weighted by Gasteiger charge is -2.41. The van der Waals surface area contributed by atoms with Gasteiger partial charge in [-0.05, 0) is 31.5 Å². The molecule has 0 aromatic heterocycles. The van der Waals surface area contributed by atoms with Crippen LogP contribution in [-0.2, 0) is 5.54 Å². The van der Waals surface area contributed by atoms with Crippen LogP contribution in [0.4, 0.5) is 0 Å². The summed E-state index contributed by atoms with van der Waals surface area (Å²) in [6, 6.07) is 6.07. The van der Waals surface area contributed by atoms with Crippen molar-refractivity contribution in [2.24, 2.45) is 0 Å². The fourth-order valence-electron chi connectivity index (χ4n) is 2.45. The normalized spacial score (nSPS) is 17.8. The van der Waals surface area contributed by atoms with Gasteiger partial charge in [0.1, 0.15) is 5.75 Å². The Hall–Kier alpha value is -0.770. The number of hydrogen-bond acceptors (Lipinski definition) is 3. The van der Waals surface area contributed by atoms with Gasteiger partial charge in [0.2, 0.25) is 0 Å². The molecule has 0 spiro atoms. The number of halogens is 1. The van der Waals surface area contributed by atoms with Crippen LogP contribution in [-0.4, -0.2) is 38.2 Å². The Morgan fingerprint density at radius 2 is 1.94 bits per heavy atom.